The molecule has 0 aromatic heterocycles. The summed E-state index contributed by atoms with van der Waals surface area (Å²) in [7, 11) is -2.20. The van der Waals surface area contributed by atoms with E-state index in [1.54, 1.807) is 19.2 Å². The number of thioether (sulfide) groups is 1. The lowest BCUT2D eigenvalue weighted by atomic mass is 9.94. The lowest BCUT2D eigenvalue weighted by Crippen LogP contribution is -2.36. The molecule has 34 heavy (non-hydrogen) atoms. The Bertz CT molecular complexity index is 1140. The number of carbonyl (C=O) groups is 1. The molecule has 1 fully saturated rings. The third-order valence-corrected chi connectivity index (χ3v) is 8.73. The predicted octanol–water partition coefficient (Wildman–Crippen LogP) is 5.51. The Balaban J connectivity index is 1.92. The number of carbonyl (C=O) groups excluding carboxylic acids is 1. The van der Waals surface area contributed by atoms with Crippen molar-refractivity contribution in [2.45, 2.75) is 68.7 Å². The number of likely N-dealkylation sites (tertiary alicyclic amines) is 1. The minimum atomic E-state index is -3.85. The van der Waals surface area contributed by atoms with Crippen LogP contribution in [0.25, 0.3) is 0 Å². The van der Waals surface area contributed by atoms with Crippen molar-refractivity contribution in [3.05, 3.63) is 52.6 Å². The third kappa shape index (κ3) is 5.78. The smallest absolute Gasteiger partial charge is 0.255 e. The number of benzene rings is 2. The zero-order valence-corrected chi connectivity index (χ0v) is 22.6. The molecule has 1 aliphatic rings. The zero-order chi connectivity index (χ0) is 25.0. The van der Waals surface area contributed by atoms with Gasteiger partial charge in [-0.25, -0.2) is 13.1 Å². The summed E-state index contributed by atoms with van der Waals surface area (Å²) in [6, 6.07) is 8.37. The molecule has 8 heteroatoms. The molecule has 0 saturated carbocycles. The molecule has 6 nitrogen and oxygen atoms in total. The summed E-state index contributed by atoms with van der Waals surface area (Å²) in [6.07, 6.45) is 4.99. The van der Waals surface area contributed by atoms with E-state index in [0.717, 1.165) is 46.6 Å². The van der Waals surface area contributed by atoms with Crippen LogP contribution in [-0.2, 0) is 10.0 Å². The molecule has 1 aliphatic heterocycles. The van der Waals surface area contributed by atoms with E-state index in [4.69, 9.17) is 4.74 Å². The normalized spacial score (nSPS) is 15.4. The quantitative estimate of drug-likeness (QED) is 0.480. The molecule has 0 spiro atoms. The van der Waals surface area contributed by atoms with Crippen LogP contribution in [0.4, 0.5) is 0 Å². The molecule has 1 atom stereocenters. The summed E-state index contributed by atoms with van der Waals surface area (Å²) >= 11 is 1.45. The molecule has 3 rings (SSSR count). The maximum atomic E-state index is 13.4. The van der Waals surface area contributed by atoms with E-state index in [1.165, 1.54) is 17.8 Å². The van der Waals surface area contributed by atoms with E-state index >= 15 is 0 Å². The van der Waals surface area contributed by atoms with Gasteiger partial charge in [-0.3, -0.25) is 4.79 Å². The number of aryl methyl sites for hydroxylation is 1. The summed E-state index contributed by atoms with van der Waals surface area (Å²) < 4.78 is 35.0. The number of piperidine rings is 1. The van der Waals surface area contributed by atoms with Gasteiger partial charge in [0.2, 0.25) is 10.0 Å². The first kappa shape index (κ1) is 26.6. The van der Waals surface area contributed by atoms with Gasteiger partial charge in [0.1, 0.15) is 5.75 Å². The van der Waals surface area contributed by atoms with Crippen LogP contribution in [0, 0.1) is 6.92 Å². The molecule has 1 amide bonds. The second-order valence-corrected chi connectivity index (χ2v) is 11.7. The van der Waals surface area contributed by atoms with Gasteiger partial charge in [-0.2, -0.15) is 0 Å². The predicted molar refractivity (Wildman–Crippen MR) is 139 cm³/mol. The van der Waals surface area contributed by atoms with Crippen LogP contribution < -0.4 is 9.46 Å². The van der Waals surface area contributed by atoms with E-state index in [1.807, 2.05) is 37.1 Å². The van der Waals surface area contributed by atoms with Crippen LogP contribution in [0.15, 0.2) is 40.1 Å². The standard InChI is InChI=1S/C26H36N2O4S2/c1-17(2)21-16-22(18(3)14-24(21)32-5)19(4)27-34(30,31)20-10-11-25(33-6)23(15-20)26(29)28-12-8-7-9-13-28/h10-11,14-17,19,27H,7-9,12-13H2,1-6H3/t19-/m1/s1. The SMILES string of the molecule is COc1cc(C)c([C@@H](C)NS(=O)(=O)c2ccc(SC)c(C(=O)N3CCCCC3)c2)cc1C(C)C. The topological polar surface area (TPSA) is 75.7 Å². The summed E-state index contributed by atoms with van der Waals surface area (Å²) in [5.41, 5.74) is 3.34. The van der Waals surface area contributed by atoms with Gasteiger partial charge < -0.3 is 9.64 Å². The number of nitrogens with one attached hydrogen (secondary N) is 1. The van der Waals surface area contributed by atoms with E-state index in [-0.39, 0.29) is 16.7 Å². The molecule has 0 unspecified atom stereocenters. The lowest BCUT2D eigenvalue weighted by Gasteiger charge is -2.27. The van der Waals surface area contributed by atoms with E-state index in [9.17, 15) is 13.2 Å². The third-order valence-electron chi connectivity index (χ3n) is 6.39. The Hall–Kier alpha value is -2.03. The average Bonchev–Trinajstić information content (AvgIpc) is 2.82. The van der Waals surface area contributed by atoms with E-state index < -0.39 is 16.1 Å². The summed E-state index contributed by atoms with van der Waals surface area (Å²) in [6.45, 7) is 9.39. The van der Waals surface area contributed by atoms with Crippen molar-refractivity contribution in [3.8, 4) is 5.75 Å². The maximum Gasteiger partial charge on any atom is 0.255 e. The first-order valence-corrected chi connectivity index (χ1v) is 14.5. The number of methoxy groups -OCH3 is 1. The highest BCUT2D eigenvalue weighted by molar-refractivity contribution is 7.98. The van der Waals surface area contributed by atoms with Crippen molar-refractivity contribution < 1.29 is 17.9 Å². The minimum absolute atomic E-state index is 0.0956. The van der Waals surface area contributed by atoms with Crippen molar-refractivity contribution >= 4 is 27.7 Å². The highest BCUT2D eigenvalue weighted by Crippen LogP contribution is 2.33. The highest BCUT2D eigenvalue weighted by Gasteiger charge is 2.26. The van der Waals surface area contributed by atoms with Crippen LogP contribution in [0.3, 0.4) is 0 Å². The maximum absolute atomic E-state index is 13.4. The van der Waals surface area contributed by atoms with Gasteiger partial charge in [-0.1, -0.05) is 13.8 Å². The van der Waals surface area contributed by atoms with E-state index in [0.29, 0.717) is 18.7 Å². The fourth-order valence-corrected chi connectivity index (χ4v) is 6.28. The molecule has 1 N–H and O–H groups in total. The van der Waals surface area contributed by atoms with Gasteiger partial charge in [0.05, 0.1) is 17.6 Å². The van der Waals surface area contributed by atoms with Crippen molar-refractivity contribution in [3.63, 3.8) is 0 Å². The molecule has 0 radical (unpaired) electrons. The Morgan fingerprint density at radius 3 is 2.32 bits per heavy atom. The fraction of sp³-hybridized carbons (Fsp3) is 0.500. The molecular formula is C26H36N2O4S2. The second-order valence-electron chi connectivity index (χ2n) is 9.16. The van der Waals surface area contributed by atoms with Gasteiger partial charge in [0, 0.05) is 24.0 Å². The van der Waals surface area contributed by atoms with Crippen LogP contribution in [-0.4, -0.2) is 45.7 Å². The molecule has 2 aromatic carbocycles. The van der Waals surface area contributed by atoms with Crippen LogP contribution >= 0.6 is 11.8 Å². The Kier molecular flexibility index (Phi) is 8.71. The van der Waals surface area contributed by atoms with Crippen LogP contribution in [0.1, 0.15) is 79.0 Å². The minimum Gasteiger partial charge on any atom is -0.496 e. The fourth-order valence-electron chi connectivity index (χ4n) is 4.46. The van der Waals surface area contributed by atoms with Gasteiger partial charge >= 0.3 is 0 Å². The first-order chi connectivity index (χ1) is 16.1. The van der Waals surface area contributed by atoms with Gasteiger partial charge in [0.15, 0.2) is 0 Å². The molecular weight excluding hydrogens is 468 g/mol. The Labute approximate surface area is 208 Å². The number of ether oxygens (including phenoxy) is 1. The lowest BCUT2D eigenvalue weighted by molar-refractivity contribution is 0.0720. The molecule has 1 heterocycles. The summed E-state index contributed by atoms with van der Waals surface area (Å²) in [5.74, 6) is 0.946. The number of sulfonamides is 1. The van der Waals surface area contributed by atoms with Crippen molar-refractivity contribution in [2.75, 3.05) is 26.5 Å². The van der Waals surface area contributed by atoms with Gasteiger partial charge in [-0.05, 0) is 92.3 Å². The van der Waals surface area contributed by atoms with E-state index in [2.05, 4.69) is 18.6 Å². The molecule has 0 aliphatic carbocycles. The number of nitrogens with zero attached hydrogens (tertiary/aromatic N) is 1. The zero-order valence-electron chi connectivity index (χ0n) is 21.0. The van der Waals surface area contributed by atoms with Gasteiger partial charge in [-0.15, -0.1) is 11.8 Å². The molecule has 1 saturated heterocycles. The van der Waals surface area contributed by atoms with Crippen molar-refractivity contribution in [1.82, 2.24) is 9.62 Å². The molecule has 0 bridgehead atoms. The van der Waals surface area contributed by atoms with Crippen molar-refractivity contribution in [1.29, 1.82) is 0 Å². The molecule has 186 valence electrons. The monoisotopic (exact) mass is 504 g/mol. The van der Waals surface area contributed by atoms with Crippen molar-refractivity contribution in [2.24, 2.45) is 0 Å². The largest absolute Gasteiger partial charge is 0.496 e. The Morgan fingerprint density at radius 1 is 1.06 bits per heavy atom. The summed E-state index contributed by atoms with van der Waals surface area (Å²) in [5, 5.41) is 0. The van der Waals surface area contributed by atoms with Crippen LogP contribution in [0.5, 0.6) is 5.75 Å². The number of rotatable bonds is 8. The average molecular weight is 505 g/mol. The second kappa shape index (κ2) is 11.1. The number of hydrogen-bond acceptors (Lipinski definition) is 5. The first-order valence-electron chi connectivity index (χ1n) is 11.8. The Morgan fingerprint density at radius 2 is 1.74 bits per heavy atom. The number of hydrogen-bond donors (Lipinski definition) is 1. The highest BCUT2D eigenvalue weighted by atomic mass is 32.2. The van der Waals surface area contributed by atoms with Gasteiger partial charge in [0.25, 0.3) is 5.91 Å². The molecule has 2 aromatic rings. The van der Waals surface area contributed by atoms with Crippen LogP contribution in [0.2, 0.25) is 0 Å². The number of amides is 1. The summed E-state index contributed by atoms with van der Waals surface area (Å²) in [4.78, 5) is 15.9.